The highest BCUT2D eigenvalue weighted by Crippen LogP contribution is 2.16. The normalized spacial score (nSPS) is 11.5. The van der Waals surface area contributed by atoms with Gasteiger partial charge in [-0.1, -0.05) is 226 Å². The topological polar surface area (TPSA) is 78.9 Å². The number of hydrogen-bond donors (Lipinski definition) is 0. The van der Waals surface area contributed by atoms with Crippen LogP contribution in [0.1, 0.15) is 278 Å². The van der Waals surface area contributed by atoms with Crippen molar-refractivity contribution in [2.75, 3.05) is 13.2 Å². The minimum absolute atomic E-state index is 0.0667. The van der Waals surface area contributed by atoms with E-state index < -0.39 is 6.10 Å². The van der Waals surface area contributed by atoms with Crippen LogP contribution in [0, 0.1) is 0 Å². The summed E-state index contributed by atoms with van der Waals surface area (Å²) in [4.78, 5) is 37.9. The molecular formula is C51H96O6. The average molecular weight is 805 g/mol. The van der Waals surface area contributed by atoms with Crippen molar-refractivity contribution in [1.82, 2.24) is 0 Å². The van der Waals surface area contributed by atoms with Crippen molar-refractivity contribution in [3.8, 4) is 0 Å². The largest absolute Gasteiger partial charge is 0.462 e. The molecule has 0 heterocycles. The highest BCUT2D eigenvalue weighted by Gasteiger charge is 2.19. The molecule has 0 aromatic rings. The molecule has 0 unspecified atom stereocenters. The molecule has 0 N–H and O–H groups in total. The predicted octanol–water partition coefficient (Wildman–Crippen LogP) is 16.2. The molecule has 6 heteroatoms. The third kappa shape index (κ3) is 45.1. The van der Waals surface area contributed by atoms with E-state index in [1.54, 1.807) is 0 Å². The van der Waals surface area contributed by atoms with Gasteiger partial charge in [0.1, 0.15) is 13.2 Å². The molecule has 336 valence electrons. The lowest BCUT2D eigenvalue weighted by atomic mass is 10.0. The van der Waals surface area contributed by atoms with Crippen LogP contribution in [0.15, 0.2) is 12.2 Å². The second-order valence-electron chi connectivity index (χ2n) is 17.1. The van der Waals surface area contributed by atoms with Crippen LogP contribution in [-0.2, 0) is 28.6 Å². The third-order valence-corrected chi connectivity index (χ3v) is 11.3. The standard InChI is InChI=1S/C51H96O6/c1-4-7-10-13-16-19-22-25-26-27-30-33-36-39-42-45-51(54)57-48(46-55-49(52)43-40-37-34-31-28-23-20-17-14-11-8-5-2)47-56-50(53)44-41-38-35-32-29-24-21-18-15-12-9-6-3/h19,22,48H,4-18,20-21,23-47H2,1-3H3/b22-19+. The minimum Gasteiger partial charge on any atom is -0.462 e. The number of carbonyl (C=O) groups is 3. The van der Waals surface area contributed by atoms with Gasteiger partial charge in [-0.3, -0.25) is 14.4 Å². The molecule has 0 aliphatic carbocycles. The fraction of sp³-hybridized carbons (Fsp3) is 0.902. The molecule has 0 rings (SSSR count). The summed E-state index contributed by atoms with van der Waals surface area (Å²) in [7, 11) is 0. The van der Waals surface area contributed by atoms with Gasteiger partial charge in [-0.05, 0) is 44.9 Å². The monoisotopic (exact) mass is 805 g/mol. The van der Waals surface area contributed by atoms with Gasteiger partial charge in [-0.2, -0.15) is 0 Å². The average Bonchev–Trinajstić information content (AvgIpc) is 3.21. The summed E-state index contributed by atoms with van der Waals surface area (Å²) < 4.78 is 16.8. The summed E-state index contributed by atoms with van der Waals surface area (Å²) in [5, 5.41) is 0. The molecule has 0 aliphatic rings. The van der Waals surface area contributed by atoms with Crippen molar-refractivity contribution >= 4 is 17.9 Å². The van der Waals surface area contributed by atoms with Gasteiger partial charge < -0.3 is 14.2 Å². The first-order valence-corrected chi connectivity index (χ1v) is 25.2. The van der Waals surface area contributed by atoms with Crippen molar-refractivity contribution in [2.24, 2.45) is 0 Å². The molecule has 0 aromatic heterocycles. The van der Waals surface area contributed by atoms with E-state index in [9.17, 15) is 14.4 Å². The number of unbranched alkanes of at least 4 members (excludes halogenated alkanes) is 33. The van der Waals surface area contributed by atoms with Crippen LogP contribution in [-0.4, -0.2) is 37.2 Å². The summed E-state index contributed by atoms with van der Waals surface area (Å²) >= 11 is 0. The Morgan fingerprint density at radius 3 is 0.895 bits per heavy atom. The van der Waals surface area contributed by atoms with E-state index in [1.165, 1.54) is 180 Å². The van der Waals surface area contributed by atoms with Gasteiger partial charge in [0, 0.05) is 19.3 Å². The van der Waals surface area contributed by atoms with E-state index in [-0.39, 0.29) is 31.1 Å². The first-order chi connectivity index (χ1) is 28.0. The Hall–Kier alpha value is -1.85. The molecule has 0 amide bonds. The SMILES string of the molecule is CCCCCC/C=C/CCCCCCCCCC(=O)OC(COC(=O)CCCCCCCCCCCCCC)COC(=O)CCCCCCCCCCCCCC. The molecule has 0 bridgehead atoms. The minimum atomic E-state index is -0.764. The molecule has 6 nitrogen and oxygen atoms in total. The lowest BCUT2D eigenvalue weighted by Gasteiger charge is -2.18. The molecule has 0 aliphatic heterocycles. The van der Waals surface area contributed by atoms with Crippen LogP contribution >= 0.6 is 0 Å². The number of rotatable bonds is 46. The number of allylic oxidation sites excluding steroid dienone is 2. The molecule has 0 fully saturated rings. The zero-order chi connectivity index (χ0) is 41.5. The second-order valence-corrected chi connectivity index (χ2v) is 17.1. The number of ether oxygens (including phenoxy) is 3. The first kappa shape index (κ1) is 55.2. The van der Waals surface area contributed by atoms with Gasteiger partial charge in [-0.25, -0.2) is 0 Å². The van der Waals surface area contributed by atoms with E-state index in [0.29, 0.717) is 19.3 Å². The van der Waals surface area contributed by atoms with E-state index in [4.69, 9.17) is 14.2 Å². The molecule has 0 atom stereocenters. The van der Waals surface area contributed by atoms with Gasteiger partial charge in [0.2, 0.25) is 0 Å². The van der Waals surface area contributed by atoms with Gasteiger partial charge in [-0.15, -0.1) is 0 Å². The zero-order valence-corrected chi connectivity index (χ0v) is 38.4. The first-order valence-electron chi connectivity index (χ1n) is 25.2. The Morgan fingerprint density at radius 1 is 0.333 bits per heavy atom. The van der Waals surface area contributed by atoms with Crippen LogP contribution < -0.4 is 0 Å². The third-order valence-electron chi connectivity index (χ3n) is 11.3. The number of carbonyl (C=O) groups excluding carboxylic acids is 3. The van der Waals surface area contributed by atoms with E-state index in [1.807, 2.05) is 0 Å². The summed E-state index contributed by atoms with van der Waals surface area (Å²) in [6.45, 7) is 6.64. The Morgan fingerprint density at radius 2 is 0.579 bits per heavy atom. The summed E-state index contributed by atoms with van der Waals surface area (Å²) in [6.07, 6.45) is 50.4. The molecule has 0 radical (unpaired) electrons. The van der Waals surface area contributed by atoms with Crippen LogP contribution in [0.25, 0.3) is 0 Å². The van der Waals surface area contributed by atoms with Crippen molar-refractivity contribution in [3.63, 3.8) is 0 Å². The quantitative estimate of drug-likeness (QED) is 0.0264. The molecule has 0 saturated carbocycles. The van der Waals surface area contributed by atoms with E-state index in [0.717, 1.165) is 57.8 Å². The molecule has 0 saturated heterocycles. The van der Waals surface area contributed by atoms with Crippen LogP contribution in [0.5, 0.6) is 0 Å². The summed E-state index contributed by atoms with van der Waals surface area (Å²) in [6, 6.07) is 0. The Labute approximate surface area is 354 Å². The summed E-state index contributed by atoms with van der Waals surface area (Å²) in [5.41, 5.74) is 0. The highest BCUT2D eigenvalue weighted by atomic mass is 16.6. The maximum Gasteiger partial charge on any atom is 0.306 e. The van der Waals surface area contributed by atoms with Crippen LogP contribution in [0.2, 0.25) is 0 Å². The van der Waals surface area contributed by atoms with Crippen molar-refractivity contribution in [2.45, 2.75) is 284 Å². The van der Waals surface area contributed by atoms with Gasteiger partial charge in [0.15, 0.2) is 6.10 Å². The fourth-order valence-electron chi connectivity index (χ4n) is 7.44. The lowest BCUT2D eigenvalue weighted by molar-refractivity contribution is -0.167. The van der Waals surface area contributed by atoms with Crippen molar-refractivity contribution in [3.05, 3.63) is 12.2 Å². The van der Waals surface area contributed by atoms with Crippen LogP contribution in [0.3, 0.4) is 0 Å². The van der Waals surface area contributed by atoms with Gasteiger partial charge in [0.05, 0.1) is 0 Å². The molecular weight excluding hydrogens is 709 g/mol. The Bertz CT molecular complexity index is 841. The summed E-state index contributed by atoms with van der Waals surface area (Å²) in [5.74, 6) is -0.857. The van der Waals surface area contributed by atoms with E-state index in [2.05, 4.69) is 32.9 Å². The fourth-order valence-corrected chi connectivity index (χ4v) is 7.44. The number of esters is 3. The Kier molecular flexibility index (Phi) is 45.3. The maximum atomic E-state index is 12.8. The van der Waals surface area contributed by atoms with Gasteiger partial charge >= 0.3 is 17.9 Å². The van der Waals surface area contributed by atoms with Gasteiger partial charge in [0.25, 0.3) is 0 Å². The Balaban J connectivity index is 4.33. The molecule has 57 heavy (non-hydrogen) atoms. The zero-order valence-electron chi connectivity index (χ0n) is 38.4. The maximum absolute atomic E-state index is 12.8. The second kappa shape index (κ2) is 46.8. The highest BCUT2D eigenvalue weighted by molar-refractivity contribution is 5.71. The molecule has 0 spiro atoms. The van der Waals surface area contributed by atoms with E-state index >= 15 is 0 Å². The smallest absolute Gasteiger partial charge is 0.306 e. The predicted molar refractivity (Wildman–Crippen MR) is 243 cm³/mol. The molecule has 0 aromatic carbocycles. The van der Waals surface area contributed by atoms with Crippen molar-refractivity contribution in [1.29, 1.82) is 0 Å². The number of hydrogen-bond acceptors (Lipinski definition) is 6. The lowest BCUT2D eigenvalue weighted by Crippen LogP contribution is -2.30. The van der Waals surface area contributed by atoms with Crippen LogP contribution in [0.4, 0.5) is 0 Å². The van der Waals surface area contributed by atoms with Crippen molar-refractivity contribution < 1.29 is 28.6 Å².